The van der Waals surface area contributed by atoms with E-state index in [4.69, 9.17) is 5.26 Å². The summed E-state index contributed by atoms with van der Waals surface area (Å²) in [7, 11) is 0. The molecule has 1 aromatic carbocycles. The summed E-state index contributed by atoms with van der Waals surface area (Å²) in [6.07, 6.45) is 0. The molecule has 1 aromatic heterocycles. The van der Waals surface area contributed by atoms with E-state index in [9.17, 15) is 9.18 Å². The van der Waals surface area contributed by atoms with E-state index in [0.29, 0.717) is 20.6 Å². The summed E-state index contributed by atoms with van der Waals surface area (Å²) in [5, 5.41) is 12.4. The van der Waals surface area contributed by atoms with E-state index < -0.39 is 5.82 Å². The third-order valence-corrected chi connectivity index (χ3v) is 4.68. The second-order valence-corrected chi connectivity index (χ2v) is 6.26. The van der Waals surface area contributed by atoms with Gasteiger partial charge in [0.25, 0.3) is 5.91 Å². The van der Waals surface area contributed by atoms with Gasteiger partial charge in [-0.2, -0.15) is 5.26 Å². The van der Waals surface area contributed by atoms with Gasteiger partial charge in [0.15, 0.2) is 0 Å². The van der Waals surface area contributed by atoms with E-state index in [1.165, 1.54) is 29.5 Å². The number of benzene rings is 1. The Labute approximate surface area is 128 Å². The highest BCUT2D eigenvalue weighted by molar-refractivity contribution is 9.10. The summed E-state index contributed by atoms with van der Waals surface area (Å²) in [5.41, 5.74) is 1.66. The Morgan fingerprint density at radius 3 is 2.75 bits per heavy atom. The maximum atomic E-state index is 13.0. The zero-order chi connectivity index (χ0) is 14.9. The number of halogens is 2. The Hall–Kier alpha value is -1.71. The Morgan fingerprint density at radius 2 is 2.15 bits per heavy atom. The van der Waals surface area contributed by atoms with Crippen molar-refractivity contribution in [2.24, 2.45) is 0 Å². The van der Waals surface area contributed by atoms with Crippen LogP contribution in [0.3, 0.4) is 0 Å². The minimum absolute atomic E-state index is 0.319. The first kappa shape index (κ1) is 14.7. The number of aryl methyl sites for hydroxylation is 1. The van der Waals surface area contributed by atoms with E-state index in [0.717, 1.165) is 10.4 Å². The molecule has 0 aliphatic carbocycles. The average Bonchev–Trinajstić information content (AvgIpc) is 2.64. The highest BCUT2D eigenvalue weighted by Crippen LogP contribution is 2.32. The number of thiophene rings is 1. The molecule has 6 heteroatoms. The summed E-state index contributed by atoms with van der Waals surface area (Å²) in [5.74, 6) is -0.802. The molecular weight excluding hydrogens is 343 g/mol. The second-order valence-electron chi connectivity index (χ2n) is 4.18. The lowest BCUT2D eigenvalue weighted by Crippen LogP contribution is -2.12. The van der Waals surface area contributed by atoms with Gasteiger partial charge in [-0.05, 0) is 53.5 Å². The molecule has 2 aromatic rings. The minimum Gasteiger partial charge on any atom is -0.312 e. The molecule has 0 saturated heterocycles. The number of carbonyl (C=O) groups is 1. The van der Waals surface area contributed by atoms with Crippen LogP contribution in [0.25, 0.3) is 0 Å². The first-order valence-electron chi connectivity index (χ1n) is 5.70. The predicted molar refractivity (Wildman–Crippen MR) is 80.6 cm³/mol. The van der Waals surface area contributed by atoms with Crippen LogP contribution in [-0.2, 0) is 0 Å². The number of rotatable bonds is 2. The van der Waals surface area contributed by atoms with Crippen LogP contribution in [0, 0.1) is 31.0 Å². The normalized spacial score (nSPS) is 10.2. The highest BCUT2D eigenvalue weighted by Gasteiger charge is 2.17. The molecule has 102 valence electrons. The number of nitriles is 1. The molecule has 0 spiro atoms. The fraction of sp³-hybridized carbons (Fsp3) is 0.143. The Morgan fingerprint density at radius 1 is 1.45 bits per heavy atom. The lowest BCUT2D eigenvalue weighted by Gasteiger charge is -2.05. The summed E-state index contributed by atoms with van der Waals surface area (Å²) < 4.78 is 13.4. The van der Waals surface area contributed by atoms with Crippen molar-refractivity contribution in [1.82, 2.24) is 0 Å². The number of hydrogen-bond acceptors (Lipinski definition) is 3. The highest BCUT2D eigenvalue weighted by atomic mass is 79.9. The van der Waals surface area contributed by atoms with Crippen LogP contribution < -0.4 is 5.32 Å². The van der Waals surface area contributed by atoms with Gasteiger partial charge in [-0.25, -0.2) is 4.39 Å². The van der Waals surface area contributed by atoms with Crippen LogP contribution in [-0.4, -0.2) is 5.91 Å². The third kappa shape index (κ3) is 2.74. The molecule has 0 aliphatic rings. The topological polar surface area (TPSA) is 52.9 Å². The van der Waals surface area contributed by atoms with Gasteiger partial charge in [-0.1, -0.05) is 0 Å². The Bertz CT molecular complexity index is 734. The SMILES string of the molecule is Cc1sc(NC(=O)c2ccc(F)cc2Br)c(C#N)c1C. The summed E-state index contributed by atoms with van der Waals surface area (Å²) in [6.45, 7) is 3.73. The zero-order valence-electron chi connectivity index (χ0n) is 10.8. The van der Waals surface area contributed by atoms with Crippen molar-refractivity contribution in [3.8, 4) is 6.07 Å². The summed E-state index contributed by atoms with van der Waals surface area (Å²) in [6, 6.07) is 5.93. The fourth-order valence-electron chi connectivity index (χ4n) is 1.69. The van der Waals surface area contributed by atoms with Crippen molar-refractivity contribution >= 4 is 38.2 Å². The zero-order valence-corrected chi connectivity index (χ0v) is 13.2. The molecule has 2 rings (SSSR count). The quantitative estimate of drug-likeness (QED) is 0.871. The van der Waals surface area contributed by atoms with Crippen molar-refractivity contribution in [1.29, 1.82) is 5.26 Å². The third-order valence-electron chi connectivity index (χ3n) is 2.90. The number of nitrogens with one attached hydrogen (secondary N) is 1. The van der Waals surface area contributed by atoms with E-state index in [2.05, 4.69) is 27.3 Å². The maximum Gasteiger partial charge on any atom is 0.257 e. The Kier molecular flexibility index (Phi) is 4.21. The van der Waals surface area contributed by atoms with Gasteiger partial charge in [0.05, 0.1) is 11.1 Å². The molecule has 1 amide bonds. The molecule has 0 fully saturated rings. The average molecular weight is 353 g/mol. The first-order valence-corrected chi connectivity index (χ1v) is 7.31. The molecule has 20 heavy (non-hydrogen) atoms. The van der Waals surface area contributed by atoms with Gasteiger partial charge in [0.1, 0.15) is 16.9 Å². The van der Waals surface area contributed by atoms with Gasteiger partial charge >= 0.3 is 0 Å². The molecule has 0 radical (unpaired) electrons. The van der Waals surface area contributed by atoms with E-state index in [-0.39, 0.29) is 5.91 Å². The molecule has 0 atom stereocenters. The Balaban J connectivity index is 2.33. The van der Waals surface area contributed by atoms with Crippen molar-refractivity contribution < 1.29 is 9.18 Å². The van der Waals surface area contributed by atoms with E-state index in [1.807, 2.05) is 13.8 Å². The lowest BCUT2D eigenvalue weighted by atomic mass is 10.1. The molecule has 3 nitrogen and oxygen atoms in total. The first-order chi connectivity index (χ1) is 9.43. The lowest BCUT2D eigenvalue weighted by molar-refractivity contribution is 0.102. The van der Waals surface area contributed by atoms with Crippen LogP contribution in [0.1, 0.15) is 26.4 Å². The molecule has 0 aliphatic heterocycles. The van der Waals surface area contributed by atoms with Gasteiger partial charge in [-0.3, -0.25) is 4.79 Å². The molecule has 1 heterocycles. The summed E-state index contributed by atoms with van der Waals surface area (Å²) >= 11 is 4.51. The van der Waals surface area contributed by atoms with Gasteiger partial charge in [0.2, 0.25) is 0 Å². The molecule has 0 bridgehead atoms. The van der Waals surface area contributed by atoms with Crippen LogP contribution in [0.5, 0.6) is 0 Å². The fourth-order valence-corrected chi connectivity index (χ4v) is 3.23. The number of nitrogens with zero attached hydrogens (tertiary/aromatic N) is 1. The van der Waals surface area contributed by atoms with Crippen molar-refractivity contribution in [2.45, 2.75) is 13.8 Å². The van der Waals surface area contributed by atoms with Crippen molar-refractivity contribution in [3.05, 3.63) is 50.1 Å². The van der Waals surface area contributed by atoms with Gasteiger partial charge < -0.3 is 5.32 Å². The standard InChI is InChI=1S/C14H10BrFN2OS/c1-7-8(2)20-14(11(7)6-17)18-13(19)10-4-3-9(16)5-12(10)15/h3-5H,1-2H3,(H,18,19). The minimum atomic E-state index is -0.422. The smallest absolute Gasteiger partial charge is 0.257 e. The van der Waals surface area contributed by atoms with E-state index in [1.54, 1.807) is 0 Å². The predicted octanol–water partition coefficient (Wildman–Crippen LogP) is 4.39. The maximum absolute atomic E-state index is 13.0. The number of carbonyl (C=O) groups excluding carboxylic acids is 1. The number of hydrogen-bond donors (Lipinski definition) is 1. The molecule has 0 unspecified atom stereocenters. The largest absolute Gasteiger partial charge is 0.312 e. The van der Waals surface area contributed by atoms with Crippen molar-refractivity contribution in [3.63, 3.8) is 0 Å². The van der Waals surface area contributed by atoms with Crippen LogP contribution >= 0.6 is 27.3 Å². The number of anilines is 1. The monoisotopic (exact) mass is 352 g/mol. The molecule has 0 saturated carbocycles. The van der Waals surface area contributed by atoms with Crippen LogP contribution in [0.15, 0.2) is 22.7 Å². The summed E-state index contributed by atoms with van der Waals surface area (Å²) in [4.78, 5) is 13.2. The van der Waals surface area contributed by atoms with Gasteiger partial charge in [0, 0.05) is 9.35 Å². The van der Waals surface area contributed by atoms with Gasteiger partial charge in [-0.15, -0.1) is 11.3 Å². The van der Waals surface area contributed by atoms with Crippen LogP contribution in [0.2, 0.25) is 0 Å². The number of amides is 1. The second kappa shape index (κ2) is 5.73. The molecular formula is C14H10BrFN2OS. The van der Waals surface area contributed by atoms with E-state index >= 15 is 0 Å². The van der Waals surface area contributed by atoms with Crippen molar-refractivity contribution in [2.75, 3.05) is 5.32 Å². The van der Waals surface area contributed by atoms with Crippen LogP contribution in [0.4, 0.5) is 9.39 Å². The molecule has 1 N–H and O–H groups in total.